The molecule has 0 saturated carbocycles. The lowest BCUT2D eigenvalue weighted by Gasteiger charge is -2.38. The van der Waals surface area contributed by atoms with Crippen molar-refractivity contribution in [2.24, 2.45) is 11.3 Å². The maximum absolute atomic E-state index is 12.5. The zero-order valence-corrected chi connectivity index (χ0v) is 15.2. The van der Waals surface area contributed by atoms with E-state index in [1.165, 1.54) is 11.1 Å². The van der Waals surface area contributed by atoms with Gasteiger partial charge in [-0.25, -0.2) is 0 Å². The minimum Gasteiger partial charge on any atom is -0.381 e. The van der Waals surface area contributed by atoms with Crippen LogP contribution in [-0.4, -0.2) is 43.2 Å². The Morgan fingerprint density at radius 1 is 1.33 bits per heavy atom. The van der Waals surface area contributed by atoms with Crippen molar-refractivity contribution in [1.82, 2.24) is 10.2 Å². The van der Waals surface area contributed by atoms with Crippen molar-refractivity contribution in [1.29, 1.82) is 0 Å². The van der Waals surface area contributed by atoms with Gasteiger partial charge in [-0.3, -0.25) is 9.69 Å². The Bertz CT molecular complexity index is 573. The van der Waals surface area contributed by atoms with Crippen LogP contribution in [0.15, 0.2) is 24.3 Å². The third kappa shape index (κ3) is 4.17. The van der Waals surface area contributed by atoms with Crippen molar-refractivity contribution in [3.05, 3.63) is 35.4 Å². The first-order valence-electron chi connectivity index (χ1n) is 9.11. The van der Waals surface area contributed by atoms with Crippen LogP contribution in [0.1, 0.15) is 38.3 Å². The van der Waals surface area contributed by atoms with Gasteiger partial charge in [-0.15, -0.1) is 0 Å². The summed E-state index contributed by atoms with van der Waals surface area (Å²) in [5.41, 5.74) is 2.92. The van der Waals surface area contributed by atoms with E-state index < -0.39 is 0 Å². The molecule has 1 saturated heterocycles. The summed E-state index contributed by atoms with van der Waals surface area (Å²) in [5.74, 6) is 0.182. The lowest BCUT2D eigenvalue weighted by Crippen LogP contribution is -2.52. The van der Waals surface area contributed by atoms with Crippen molar-refractivity contribution in [2.75, 3.05) is 26.3 Å². The summed E-state index contributed by atoms with van der Waals surface area (Å²) in [5, 5.41) is 3.31. The highest BCUT2D eigenvalue weighted by molar-refractivity contribution is 5.79. The normalized spacial score (nSPS) is 22.9. The number of ether oxygens (including phenoxy) is 1. The summed E-state index contributed by atoms with van der Waals surface area (Å²) in [6, 6.07) is 8.84. The molecule has 3 rings (SSSR count). The molecular formula is C20H30N2O2. The molecule has 1 amide bonds. The molecule has 2 atom stereocenters. The highest BCUT2D eigenvalue weighted by Crippen LogP contribution is 2.25. The van der Waals surface area contributed by atoms with E-state index in [1.54, 1.807) is 0 Å². The third-order valence-electron chi connectivity index (χ3n) is 5.31. The summed E-state index contributed by atoms with van der Waals surface area (Å²) in [4.78, 5) is 15.0. The molecule has 1 fully saturated rings. The Hall–Kier alpha value is -1.39. The van der Waals surface area contributed by atoms with Gasteiger partial charge in [0.15, 0.2) is 0 Å². The number of nitrogens with zero attached hydrogens (tertiary/aromatic N) is 1. The molecule has 1 aromatic carbocycles. The first-order chi connectivity index (χ1) is 11.4. The number of carbonyl (C=O) groups is 1. The first-order valence-corrected chi connectivity index (χ1v) is 9.11. The largest absolute Gasteiger partial charge is 0.381 e. The van der Waals surface area contributed by atoms with Crippen LogP contribution in [0.25, 0.3) is 0 Å². The molecule has 4 heteroatoms. The van der Waals surface area contributed by atoms with Crippen LogP contribution in [0.3, 0.4) is 0 Å². The number of carbonyl (C=O) groups excluding carboxylic acids is 1. The number of hydrogen-bond acceptors (Lipinski definition) is 3. The summed E-state index contributed by atoms with van der Waals surface area (Å²) in [6.07, 6.45) is 1.94. The predicted octanol–water partition coefficient (Wildman–Crippen LogP) is 2.61. The first kappa shape index (κ1) is 17.4. The van der Waals surface area contributed by atoms with Crippen LogP contribution >= 0.6 is 0 Å². The molecular weight excluding hydrogens is 300 g/mol. The second-order valence-electron chi connectivity index (χ2n) is 8.24. The monoisotopic (exact) mass is 330 g/mol. The van der Waals surface area contributed by atoms with Crippen LogP contribution < -0.4 is 5.32 Å². The topological polar surface area (TPSA) is 41.6 Å². The molecule has 0 radical (unpaired) electrons. The number of rotatable bonds is 4. The van der Waals surface area contributed by atoms with Crippen LogP contribution in [0.5, 0.6) is 0 Å². The van der Waals surface area contributed by atoms with E-state index in [-0.39, 0.29) is 23.3 Å². The molecule has 132 valence electrons. The number of amides is 1. The summed E-state index contributed by atoms with van der Waals surface area (Å²) < 4.78 is 5.36. The number of benzene rings is 1. The smallest absolute Gasteiger partial charge is 0.225 e. The molecule has 2 aliphatic heterocycles. The van der Waals surface area contributed by atoms with E-state index in [9.17, 15) is 4.79 Å². The van der Waals surface area contributed by atoms with Gasteiger partial charge in [-0.1, -0.05) is 45.0 Å². The maximum atomic E-state index is 12.5. The van der Waals surface area contributed by atoms with E-state index in [0.717, 1.165) is 32.5 Å². The second kappa shape index (κ2) is 7.24. The van der Waals surface area contributed by atoms with Gasteiger partial charge in [0.05, 0.1) is 12.5 Å². The van der Waals surface area contributed by atoms with E-state index in [4.69, 9.17) is 4.74 Å². The quantitative estimate of drug-likeness (QED) is 0.923. The average Bonchev–Trinajstić information content (AvgIpc) is 3.08. The van der Waals surface area contributed by atoms with Crippen molar-refractivity contribution in [3.63, 3.8) is 0 Å². The Kier molecular flexibility index (Phi) is 5.26. The fourth-order valence-electron chi connectivity index (χ4n) is 3.54. The van der Waals surface area contributed by atoms with Crippen molar-refractivity contribution in [2.45, 2.75) is 46.2 Å². The van der Waals surface area contributed by atoms with Gasteiger partial charge in [0.1, 0.15) is 0 Å². The Labute approximate surface area is 145 Å². The number of fused-ring (bicyclic) bond motifs is 1. The van der Waals surface area contributed by atoms with E-state index in [0.29, 0.717) is 13.2 Å². The Balaban J connectivity index is 1.63. The molecule has 4 nitrogen and oxygen atoms in total. The molecule has 2 aliphatic rings. The second-order valence-corrected chi connectivity index (χ2v) is 8.24. The molecule has 0 aliphatic carbocycles. The lowest BCUT2D eigenvalue weighted by molar-refractivity contribution is -0.126. The van der Waals surface area contributed by atoms with Gasteiger partial charge in [-0.2, -0.15) is 0 Å². The Morgan fingerprint density at radius 2 is 2.08 bits per heavy atom. The fourth-order valence-corrected chi connectivity index (χ4v) is 3.54. The zero-order valence-electron chi connectivity index (χ0n) is 15.2. The standard InChI is InChI=1S/C20H30N2O2/c1-20(2,3)18(21-19(23)17-9-11-24-14-17)13-22-10-8-15-6-4-5-7-16(15)12-22/h4-7,17-18H,8-14H2,1-3H3,(H,21,23). The number of nitrogens with one attached hydrogen (secondary N) is 1. The van der Waals surface area contributed by atoms with E-state index >= 15 is 0 Å². The van der Waals surface area contributed by atoms with Crippen LogP contribution in [0.4, 0.5) is 0 Å². The summed E-state index contributed by atoms with van der Waals surface area (Å²) in [6.45, 7) is 10.8. The highest BCUT2D eigenvalue weighted by Gasteiger charge is 2.32. The van der Waals surface area contributed by atoms with Gasteiger partial charge in [0.2, 0.25) is 5.91 Å². The lowest BCUT2D eigenvalue weighted by atomic mass is 9.85. The van der Waals surface area contributed by atoms with Gasteiger partial charge in [0.25, 0.3) is 0 Å². The van der Waals surface area contributed by atoms with Gasteiger partial charge in [-0.05, 0) is 29.4 Å². The Morgan fingerprint density at radius 3 is 2.75 bits per heavy atom. The van der Waals surface area contributed by atoms with Crippen LogP contribution in [-0.2, 0) is 22.5 Å². The van der Waals surface area contributed by atoms with E-state index in [2.05, 4.69) is 55.3 Å². The average molecular weight is 330 g/mol. The van der Waals surface area contributed by atoms with E-state index in [1.807, 2.05) is 0 Å². The summed E-state index contributed by atoms with van der Waals surface area (Å²) in [7, 11) is 0. The number of hydrogen-bond donors (Lipinski definition) is 1. The maximum Gasteiger partial charge on any atom is 0.225 e. The zero-order chi connectivity index (χ0) is 17.2. The molecule has 24 heavy (non-hydrogen) atoms. The van der Waals surface area contributed by atoms with Gasteiger partial charge >= 0.3 is 0 Å². The SMILES string of the molecule is CC(C)(C)C(CN1CCc2ccccc2C1)NC(=O)C1CCOC1. The van der Waals surface area contributed by atoms with Crippen LogP contribution in [0.2, 0.25) is 0 Å². The van der Waals surface area contributed by atoms with Crippen molar-refractivity contribution >= 4 is 5.91 Å². The summed E-state index contributed by atoms with van der Waals surface area (Å²) >= 11 is 0. The minimum absolute atomic E-state index is 0.0249. The molecule has 2 heterocycles. The molecule has 2 unspecified atom stereocenters. The van der Waals surface area contributed by atoms with Crippen LogP contribution in [0, 0.1) is 11.3 Å². The fraction of sp³-hybridized carbons (Fsp3) is 0.650. The molecule has 1 N–H and O–H groups in total. The van der Waals surface area contributed by atoms with Crippen molar-refractivity contribution < 1.29 is 9.53 Å². The van der Waals surface area contributed by atoms with Gasteiger partial charge < -0.3 is 10.1 Å². The van der Waals surface area contributed by atoms with Gasteiger partial charge in [0, 0.05) is 32.3 Å². The molecule has 0 bridgehead atoms. The van der Waals surface area contributed by atoms with Crippen molar-refractivity contribution in [3.8, 4) is 0 Å². The minimum atomic E-state index is 0.0249. The molecule has 0 spiro atoms. The molecule has 0 aromatic heterocycles. The highest BCUT2D eigenvalue weighted by atomic mass is 16.5. The molecule has 1 aromatic rings. The third-order valence-corrected chi connectivity index (χ3v) is 5.31. The predicted molar refractivity (Wildman–Crippen MR) is 95.7 cm³/mol.